The van der Waals surface area contributed by atoms with Crippen LogP contribution in [0.1, 0.15) is 18.4 Å². The predicted molar refractivity (Wildman–Crippen MR) is 84.0 cm³/mol. The quantitative estimate of drug-likeness (QED) is 0.908. The molecule has 3 atom stereocenters. The van der Waals surface area contributed by atoms with Crippen molar-refractivity contribution in [2.45, 2.75) is 37.5 Å². The van der Waals surface area contributed by atoms with Crippen LogP contribution in [0.25, 0.3) is 0 Å². The summed E-state index contributed by atoms with van der Waals surface area (Å²) in [6.07, 6.45) is 2.56. The average Bonchev–Trinajstić information content (AvgIpc) is 3.00. The number of hydrogen-bond donors (Lipinski definition) is 1. The van der Waals surface area contributed by atoms with Crippen LogP contribution >= 0.6 is 0 Å². The van der Waals surface area contributed by atoms with Crippen LogP contribution in [0.4, 0.5) is 0 Å². The molecule has 0 aromatic heterocycles. The van der Waals surface area contributed by atoms with E-state index in [0.29, 0.717) is 12.6 Å². The zero-order valence-corrected chi connectivity index (χ0v) is 13.2. The molecule has 1 aromatic carbocycles. The zero-order chi connectivity index (χ0) is 15.5. The van der Waals surface area contributed by atoms with Crippen molar-refractivity contribution >= 4 is 5.91 Å². The van der Waals surface area contributed by atoms with E-state index in [4.69, 9.17) is 9.47 Å². The third-order valence-electron chi connectivity index (χ3n) is 4.34. The van der Waals surface area contributed by atoms with Crippen molar-refractivity contribution in [2.24, 2.45) is 0 Å². The minimum Gasteiger partial charge on any atom is -0.492 e. The Kier molecular flexibility index (Phi) is 4.64. The van der Waals surface area contributed by atoms with Crippen molar-refractivity contribution in [3.63, 3.8) is 0 Å². The van der Waals surface area contributed by atoms with Crippen LogP contribution in [-0.2, 0) is 16.0 Å². The first-order valence-electron chi connectivity index (χ1n) is 7.94. The molecule has 1 saturated heterocycles. The Morgan fingerprint density at radius 2 is 2.14 bits per heavy atom. The molecule has 3 unspecified atom stereocenters. The Balaban J connectivity index is 1.46. The second-order valence-corrected chi connectivity index (χ2v) is 6.28. The Morgan fingerprint density at radius 1 is 1.32 bits per heavy atom. The topological polar surface area (TPSA) is 50.8 Å². The monoisotopic (exact) mass is 304 g/mol. The van der Waals surface area contributed by atoms with E-state index in [1.54, 1.807) is 19.0 Å². The van der Waals surface area contributed by atoms with E-state index in [1.807, 2.05) is 18.2 Å². The molecule has 0 aliphatic carbocycles. The van der Waals surface area contributed by atoms with Crippen LogP contribution in [0.2, 0.25) is 0 Å². The van der Waals surface area contributed by atoms with Gasteiger partial charge in [-0.05, 0) is 30.9 Å². The maximum absolute atomic E-state index is 11.9. The number of carbonyl (C=O) groups excluding carboxylic acids is 1. The van der Waals surface area contributed by atoms with Crippen LogP contribution in [0.5, 0.6) is 5.75 Å². The van der Waals surface area contributed by atoms with Crippen molar-refractivity contribution in [1.82, 2.24) is 10.2 Å². The highest BCUT2D eigenvalue weighted by molar-refractivity contribution is 5.80. The summed E-state index contributed by atoms with van der Waals surface area (Å²) in [5.74, 6) is 1.06. The number of amides is 1. The molecule has 22 heavy (non-hydrogen) atoms. The minimum absolute atomic E-state index is 0.0671. The molecule has 120 valence electrons. The maximum atomic E-state index is 11.9. The van der Waals surface area contributed by atoms with Crippen molar-refractivity contribution < 1.29 is 14.3 Å². The van der Waals surface area contributed by atoms with E-state index < -0.39 is 0 Å². The first kappa shape index (κ1) is 15.3. The Labute approximate surface area is 131 Å². The summed E-state index contributed by atoms with van der Waals surface area (Å²) in [7, 11) is 3.54. The molecule has 1 amide bonds. The summed E-state index contributed by atoms with van der Waals surface area (Å²) in [6, 6.07) is 8.48. The molecule has 0 radical (unpaired) electrons. The van der Waals surface area contributed by atoms with Crippen molar-refractivity contribution in [3.8, 4) is 5.75 Å². The van der Waals surface area contributed by atoms with Crippen molar-refractivity contribution in [2.75, 3.05) is 27.2 Å². The van der Waals surface area contributed by atoms with Crippen LogP contribution in [0.15, 0.2) is 24.3 Å². The normalized spacial score (nSPS) is 27.1. The highest BCUT2D eigenvalue weighted by atomic mass is 16.5. The fourth-order valence-electron chi connectivity index (χ4n) is 3.08. The summed E-state index contributed by atoms with van der Waals surface area (Å²) in [5.41, 5.74) is 1.25. The highest BCUT2D eigenvalue weighted by Gasteiger charge is 2.32. The lowest BCUT2D eigenvalue weighted by molar-refractivity contribution is -0.140. The molecule has 0 bridgehead atoms. The standard InChI is InChI=1S/C17H24N2O3/c1-19(2)17(20)16-8-7-14(22-16)10-18-13-9-12-5-3-4-6-15(12)21-11-13/h3-6,13-14,16,18H,7-11H2,1-2H3. The fourth-order valence-corrected chi connectivity index (χ4v) is 3.08. The van der Waals surface area contributed by atoms with Gasteiger partial charge in [0.15, 0.2) is 0 Å². The number of rotatable bonds is 4. The summed E-state index contributed by atoms with van der Waals surface area (Å²) < 4.78 is 11.6. The summed E-state index contributed by atoms with van der Waals surface area (Å²) in [5, 5.41) is 3.52. The highest BCUT2D eigenvalue weighted by Crippen LogP contribution is 2.24. The van der Waals surface area contributed by atoms with Gasteiger partial charge in [0.2, 0.25) is 0 Å². The molecule has 1 aromatic rings. The predicted octanol–water partition coefficient (Wildman–Crippen LogP) is 1.22. The molecule has 5 nitrogen and oxygen atoms in total. The molecule has 3 rings (SSSR count). The molecule has 0 spiro atoms. The summed E-state index contributed by atoms with van der Waals surface area (Å²) in [6.45, 7) is 1.46. The number of ether oxygens (including phenoxy) is 2. The molecule has 2 aliphatic heterocycles. The molecule has 1 fully saturated rings. The number of nitrogens with zero attached hydrogens (tertiary/aromatic N) is 1. The number of hydrogen-bond acceptors (Lipinski definition) is 4. The van der Waals surface area contributed by atoms with Gasteiger partial charge in [-0.15, -0.1) is 0 Å². The third-order valence-corrected chi connectivity index (χ3v) is 4.34. The molecule has 2 heterocycles. The Hall–Kier alpha value is -1.59. The molecule has 0 saturated carbocycles. The van der Waals surface area contributed by atoms with E-state index in [-0.39, 0.29) is 18.1 Å². The average molecular weight is 304 g/mol. The lowest BCUT2D eigenvalue weighted by Gasteiger charge is -2.27. The van der Waals surface area contributed by atoms with E-state index in [2.05, 4.69) is 11.4 Å². The zero-order valence-electron chi connectivity index (χ0n) is 13.2. The molecule has 5 heteroatoms. The van der Waals surface area contributed by atoms with Gasteiger partial charge in [-0.25, -0.2) is 0 Å². The SMILES string of the molecule is CN(C)C(=O)C1CCC(CNC2COc3ccccc3C2)O1. The largest absolute Gasteiger partial charge is 0.492 e. The lowest BCUT2D eigenvalue weighted by atomic mass is 10.0. The second kappa shape index (κ2) is 6.67. The maximum Gasteiger partial charge on any atom is 0.251 e. The van der Waals surface area contributed by atoms with Gasteiger partial charge in [0.05, 0.1) is 6.10 Å². The van der Waals surface area contributed by atoms with Gasteiger partial charge in [-0.3, -0.25) is 4.79 Å². The van der Waals surface area contributed by atoms with Gasteiger partial charge in [-0.1, -0.05) is 18.2 Å². The van der Waals surface area contributed by atoms with Gasteiger partial charge in [0.25, 0.3) is 5.91 Å². The van der Waals surface area contributed by atoms with Crippen molar-refractivity contribution in [3.05, 3.63) is 29.8 Å². The second-order valence-electron chi connectivity index (χ2n) is 6.28. The van der Waals surface area contributed by atoms with Gasteiger partial charge in [-0.2, -0.15) is 0 Å². The van der Waals surface area contributed by atoms with Crippen molar-refractivity contribution in [1.29, 1.82) is 0 Å². The van der Waals surface area contributed by atoms with E-state index in [1.165, 1.54) is 5.56 Å². The number of nitrogens with one attached hydrogen (secondary N) is 1. The molecule has 1 N–H and O–H groups in total. The third kappa shape index (κ3) is 3.42. The number of likely N-dealkylation sites (N-methyl/N-ethyl adjacent to an activating group) is 1. The van der Waals surface area contributed by atoms with Crippen LogP contribution in [0, 0.1) is 0 Å². The van der Waals surface area contributed by atoms with E-state index in [9.17, 15) is 4.79 Å². The summed E-state index contributed by atoms with van der Waals surface area (Å²) in [4.78, 5) is 13.5. The van der Waals surface area contributed by atoms with E-state index >= 15 is 0 Å². The number of fused-ring (bicyclic) bond motifs is 1. The van der Waals surface area contributed by atoms with Gasteiger partial charge < -0.3 is 19.7 Å². The molecular weight excluding hydrogens is 280 g/mol. The molecular formula is C17H24N2O3. The van der Waals surface area contributed by atoms with Gasteiger partial charge >= 0.3 is 0 Å². The number of carbonyl (C=O) groups is 1. The fraction of sp³-hybridized carbons (Fsp3) is 0.588. The molecule has 2 aliphatic rings. The van der Waals surface area contributed by atoms with E-state index in [0.717, 1.165) is 31.6 Å². The van der Waals surface area contributed by atoms with Gasteiger partial charge in [0.1, 0.15) is 18.5 Å². The summed E-state index contributed by atoms with van der Waals surface area (Å²) >= 11 is 0. The van der Waals surface area contributed by atoms with Gasteiger partial charge in [0, 0.05) is 26.7 Å². The first-order chi connectivity index (χ1) is 10.6. The van der Waals surface area contributed by atoms with Crippen LogP contribution in [0.3, 0.4) is 0 Å². The minimum atomic E-state index is -0.273. The number of para-hydroxylation sites is 1. The van der Waals surface area contributed by atoms with Crippen LogP contribution < -0.4 is 10.1 Å². The smallest absolute Gasteiger partial charge is 0.251 e. The lowest BCUT2D eigenvalue weighted by Crippen LogP contribution is -2.43. The Bertz CT molecular complexity index is 532. The van der Waals surface area contributed by atoms with Crippen LogP contribution in [-0.4, -0.2) is 56.3 Å². The Morgan fingerprint density at radius 3 is 2.95 bits per heavy atom. The first-order valence-corrected chi connectivity index (χ1v) is 7.94. The number of benzene rings is 1.